The summed E-state index contributed by atoms with van der Waals surface area (Å²) in [5.74, 6) is 0.120. The zero-order valence-electron chi connectivity index (χ0n) is 15.5. The minimum absolute atomic E-state index is 0.0567. The number of pyridine rings is 1. The summed E-state index contributed by atoms with van der Waals surface area (Å²) in [6.07, 6.45) is 3.18. The van der Waals surface area contributed by atoms with Gasteiger partial charge in [-0.1, -0.05) is 30.0 Å². The number of likely N-dealkylation sites (N-methyl/N-ethyl adjacent to an activating group) is 1. The highest BCUT2D eigenvalue weighted by molar-refractivity contribution is 8.26. The van der Waals surface area contributed by atoms with Crippen molar-refractivity contribution in [1.82, 2.24) is 14.3 Å². The van der Waals surface area contributed by atoms with E-state index in [9.17, 15) is 9.59 Å². The largest absolute Gasteiger partial charge is 0.394 e. The molecule has 3 rings (SSSR count). The summed E-state index contributed by atoms with van der Waals surface area (Å²) < 4.78 is 7.14. The van der Waals surface area contributed by atoms with Gasteiger partial charge in [0.15, 0.2) is 0 Å². The van der Waals surface area contributed by atoms with E-state index in [-0.39, 0.29) is 30.2 Å². The molecule has 1 amide bonds. The van der Waals surface area contributed by atoms with Gasteiger partial charge < -0.3 is 15.2 Å². The number of rotatable bonds is 7. The Hall–Kier alpha value is -2.27. The van der Waals surface area contributed by atoms with Crippen LogP contribution in [0.2, 0.25) is 0 Å². The van der Waals surface area contributed by atoms with Gasteiger partial charge in [-0.05, 0) is 24.6 Å². The van der Waals surface area contributed by atoms with Crippen molar-refractivity contribution in [3.63, 3.8) is 0 Å². The van der Waals surface area contributed by atoms with E-state index < -0.39 is 0 Å². The Bertz CT molecular complexity index is 1020. The maximum atomic E-state index is 13.1. The fraction of sp³-hybridized carbons (Fsp3) is 0.333. The Morgan fingerprint density at radius 3 is 2.86 bits per heavy atom. The van der Waals surface area contributed by atoms with Crippen LogP contribution in [0.15, 0.2) is 28.0 Å². The van der Waals surface area contributed by atoms with Crippen molar-refractivity contribution in [2.24, 2.45) is 0 Å². The monoisotopic (exact) mass is 420 g/mol. The molecule has 148 valence electrons. The first-order valence-electron chi connectivity index (χ1n) is 8.60. The smallest absolute Gasteiger partial charge is 0.267 e. The number of carbonyl (C=O) groups excluding carboxylic acids is 1. The van der Waals surface area contributed by atoms with Crippen LogP contribution < -0.4 is 10.9 Å². The molecule has 10 heteroatoms. The van der Waals surface area contributed by atoms with Crippen LogP contribution in [0.1, 0.15) is 11.1 Å². The van der Waals surface area contributed by atoms with E-state index in [0.717, 1.165) is 17.3 Å². The number of amides is 1. The lowest BCUT2D eigenvalue weighted by atomic mass is 10.2. The predicted molar refractivity (Wildman–Crippen MR) is 114 cm³/mol. The highest BCUT2D eigenvalue weighted by atomic mass is 32.2. The molecule has 0 spiro atoms. The first-order chi connectivity index (χ1) is 13.4. The molecule has 1 aliphatic heterocycles. The molecular weight excluding hydrogens is 400 g/mol. The third-order valence-electron chi connectivity index (χ3n) is 4.12. The third kappa shape index (κ3) is 4.09. The van der Waals surface area contributed by atoms with E-state index in [2.05, 4.69) is 10.3 Å². The lowest BCUT2D eigenvalue weighted by Crippen LogP contribution is -2.24. The fourth-order valence-electron chi connectivity index (χ4n) is 2.66. The number of aliphatic hydroxyl groups is 1. The number of aryl methyl sites for hydroxylation is 1. The number of thioether (sulfide) groups is 1. The number of ether oxygens (including phenoxy) is 1. The molecule has 1 saturated heterocycles. The van der Waals surface area contributed by atoms with Gasteiger partial charge in [0.1, 0.15) is 15.8 Å². The summed E-state index contributed by atoms with van der Waals surface area (Å²) >= 11 is 6.31. The molecule has 2 N–H and O–H groups in total. The summed E-state index contributed by atoms with van der Waals surface area (Å²) in [7, 11) is 1.60. The predicted octanol–water partition coefficient (Wildman–Crippen LogP) is 1.25. The molecule has 0 atom stereocenters. The number of carbonyl (C=O) groups is 1. The first-order valence-corrected chi connectivity index (χ1v) is 9.82. The van der Waals surface area contributed by atoms with Crippen molar-refractivity contribution in [1.29, 1.82) is 0 Å². The van der Waals surface area contributed by atoms with E-state index in [1.54, 1.807) is 19.3 Å². The van der Waals surface area contributed by atoms with Crippen molar-refractivity contribution < 1.29 is 14.6 Å². The molecule has 0 aliphatic carbocycles. The van der Waals surface area contributed by atoms with Crippen molar-refractivity contribution in [2.75, 3.05) is 38.7 Å². The van der Waals surface area contributed by atoms with Gasteiger partial charge in [0, 0.05) is 19.8 Å². The maximum Gasteiger partial charge on any atom is 0.267 e. The minimum Gasteiger partial charge on any atom is -0.394 e. The number of hydrogen-bond acceptors (Lipinski definition) is 8. The zero-order valence-corrected chi connectivity index (χ0v) is 17.1. The highest BCUT2D eigenvalue weighted by Gasteiger charge is 2.29. The van der Waals surface area contributed by atoms with Gasteiger partial charge in [0.05, 0.1) is 30.3 Å². The molecule has 28 heavy (non-hydrogen) atoms. The average Bonchev–Trinajstić information content (AvgIpc) is 2.92. The fourth-order valence-corrected chi connectivity index (χ4v) is 3.82. The molecule has 0 radical (unpaired) electrons. The number of nitrogens with zero attached hydrogens (tertiary/aromatic N) is 3. The van der Waals surface area contributed by atoms with Crippen LogP contribution >= 0.6 is 24.0 Å². The van der Waals surface area contributed by atoms with Gasteiger partial charge in [-0.25, -0.2) is 4.98 Å². The van der Waals surface area contributed by atoms with Gasteiger partial charge in [-0.2, -0.15) is 0 Å². The van der Waals surface area contributed by atoms with E-state index in [0.29, 0.717) is 33.8 Å². The summed E-state index contributed by atoms with van der Waals surface area (Å²) in [5.41, 5.74) is 1.38. The number of fused-ring (bicyclic) bond motifs is 1. The second-order valence-electron chi connectivity index (χ2n) is 6.07. The zero-order chi connectivity index (χ0) is 20.3. The summed E-state index contributed by atoms with van der Waals surface area (Å²) in [6.45, 7) is 2.78. The van der Waals surface area contributed by atoms with Gasteiger partial charge in [-0.3, -0.25) is 18.9 Å². The van der Waals surface area contributed by atoms with Crippen LogP contribution in [0.3, 0.4) is 0 Å². The third-order valence-corrected chi connectivity index (χ3v) is 5.61. The van der Waals surface area contributed by atoms with Gasteiger partial charge in [0.25, 0.3) is 11.5 Å². The quantitative estimate of drug-likeness (QED) is 0.393. The Kier molecular flexibility index (Phi) is 6.45. The molecule has 3 heterocycles. The molecule has 0 bridgehead atoms. The molecule has 0 saturated carbocycles. The van der Waals surface area contributed by atoms with Crippen LogP contribution in [-0.2, 0) is 9.53 Å². The lowest BCUT2D eigenvalue weighted by molar-refractivity contribution is -0.121. The summed E-state index contributed by atoms with van der Waals surface area (Å²) in [5, 5.41) is 11.9. The number of thiocarbonyl (C=S) groups is 1. The molecule has 0 unspecified atom stereocenters. The number of aromatic nitrogens is 2. The van der Waals surface area contributed by atoms with Crippen LogP contribution in [0.5, 0.6) is 0 Å². The molecule has 1 fully saturated rings. The van der Waals surface area contributed by atoms with Gasteiger partial charge in [-0.15, -0.1) is 0 Å². The second kappa shape index (κ2) is 8.82. The van der Waals surface area contributed by atoms with E-state index in [1.165, 1.54) is 15.4 Å². The average molecular weight is 421 g/mol. The molecular formula is C18H20N4O4S2. The Morgan fingerprint density at radius 1 is 1.39 bits per heavy atom. The maximum absolute atomic E-state index is 13.1. The van der Waals surface area contributed by atoms with Crippen LogP contribution in [0.4, 0.5) is 5.82 Å². The number of nitrogens with one attached hydrogen (secondary N) is 1. The van der Waals surface area contributed by atoms with Crippen LogP contribution in [0, 0.1) is 6.92 Å². The molecule has 2 aromatic rings. The minimum atomic E-state index is -0.283. The summed E-state index contributed by atoms with van der Waals surface area (Å²) in [4.78, 5) is 31.8. The van der Waals surface area contributed by atoms with E-state index in [1.807, 2.05) is 13.0 Å². The number of hydrogen-bond donors (Lipinski definition) is 2. The van der Waals surface area contributed by atoms with Crippen LogP contribution in [-0.4, -0.2) is 63.0 Å². The topological polar surface area (TPSA) is 96.2 Å². The van der Waals surface area contributed by atoms with Crippen molar-refractivity contribution in [3.05, 3.63) is 44.7 Å². The van der Waals surface area contributed by atoms with Gasteiger partial charge >= 0.3 is 0 Å². The Balaban J connectivity index is 2.04. The Labute approximate surface area is 171 Å². The second-order valence-corrected chi connectivity index (χ2v) is 7.74. The van der Waals surface area contributed by atoms with Crippen molar-refractivity contribution in [3.8, 4) is 0 Å². The lowest BCUT2D eigenvalue weighted by Gasteiger charge is -2.12. The molecule has 2 aromatic heterocycles. The standard InChI is InChI=1S/C18H20N4O4S2/c1-11-4-3-6-22-15(11)20-14(19-5-8-26-9-7-23)12(16(22)24)10-13-17(25)21(2)18(27)28-13/h3-4,6,10,19,23H,5,7-9H2,1-2H3. The van der Waals surface area contributed by atoms with Crippen LogP contribution in [0.25, 0.3) is 11.7 Å². The van der Waals surface area contributed by atoms with E-state index in [4.69, 9.17) is 22.1 Å². The number of aliphatic hydroxyl groups excluding tert-OH is 1. The molecule has 0 aromatic carbocycles. The molecule has 1 aliphatic rings. The first kappa shape index (κ1) is 20.5. The normalized spacial score (nSPS) is 15.8. The van der Waals surface area contributed by atoms with Crippen molar-refractivity contribution >= 4 is 51.7 Å². The highest BCUT2D eigenvalue weighted by Crippen LogP contribution is 2.31. The van der Waals surface area contributed by atoms with Gasteiger partial charge in [0.2, 0.25) is 0 Å². The van der Waals surface area contributed by atoms with Crippen molar-refractivity contribution in [2.45, 2.75) is 6.92 Å². The molecule has 8 nitrogen and oxygen atoms in total. The van der Waals surface area contributed by atoms with E-state index >= 15 is 0 Å². The number of anilines is 1. The summed E-state index contributed by atoms with van der Waals surface area (Å²) in [6, 6.07) is 3.65. The SMILES string of the molecule is Cc1cccn2c(=O)c(C=C3SC(=S)N(C)C3=O)c(NCCOCCO)nc12. The Morgan fingerprint density at radius 2 is 2.18 bits per heavy atom.